The molecule has 2 heterocycles. The van der Waals surface area contributed by atoms with Crippen LogP contribution in [0.3, 0.4) is 0 Å². The summed E-state index contributed by atoms with van der Waals surface area (Å²) in [6.07, 6.45) is 6.22. The van der Waals surface area contributed by atoms with E-state index in [-0.39, 0.29) is 0 Å². The van der Waals surface area contributed by atoms with Crippen LogP contribution in [0.5, 0.6) is 0 Å². The average molecular weight is 443 g/mol. The van der Waals surface area contributed by atoms with Gasteiger partial charge in [-0.1, -0.05) is 61.2 Å². The third-order valence-electron chi connectivity index (χ3n) is 6.79. The zero-order chi connectivity index (χ0) is 22.8. The first kappa shape index (κ1) is 21.8. The van der Waals surface area contributed by atoms with Crippen LogP contribution in [0.25, 0.3) is 16.6 Å². The number of fused-ring (bicyclic) bond motifs is 3. The Kier molecular flexibility index (Phi) is 6.27. The van der Waals surface area contributed by atoms with Gasteiger partial charge < -0.3 is 9.80 Å². The number of likely N-dealkylation sites (N-methyl/N-ethyl adjacent to an activating group) is 1. The van der Waals surface area contributed by atoms with Gasteiger partial charge in [-0.2, -0.15) is 0 Å². The predicted molar refractivity (Wildman–Crippen MR) is 135 cm³/mol. The van der Waals surface area contributed by atoms with Crippen LogP contribution in [0.1, 0.15) is 55.0 Å². The fourth-order valence-electron chi connectivity index (χ4n) is 4.96. The molecule has 0 spiro atoms. The molecule has 4 aromatic rings. The molecule has 0 bridgehead atoms. The summed E-state index contributed by atoms with van der Waals surface area (Å²) < 4.78 is 2.27. The van der Waals surface area contributed by atoms with Gasteiger partial charge in [-0.15, -0.1) is 10.2 Å². The van der Waals surface area contributed by atoms with E-state index in [1.165, 1.54) is 43.2 Å². The zero-order valence-electron chi connectivity index (χ0n) is 20.0. The van der Waals surface area contributed by atoms with Crippen molar-refractivity contribution in [3.63, 3.8) is 0 Å². The van der Waals surface area contributed by atoms with E-state index in [4.69, 9.17) is 15.2 Å². The molecule has 5 rings (SSSR count). The Morgan fingerprint density at radius 3 is 2.48 bits per heavy atom. The van der Waals surface area contributed by atoms with Gasteiger partial charge >= 0.3 is 0 Å². The average Bonchev–Trinajstić information content (AvgIpc) is 3.28. The van der Waals surface area contributed by atoms with Crippen molar-refractivity contribution in [2.24, 2.45) is 0 Å². The van der Waals surface area contributed by atoms with Crippen LogP contribution in [0.2, 0.25) is 0 Å². The van der Waals surface area contributed by atoms with Gasteiger partial charge in [0.2, 0.25) is 5.95 Å². The molecule has 1 fully saturated rings. The van der Waals surface area contributed by atoms with E-state index in [1.807, 2.05) is 0 Å². The number of hydrogen-bond acceptors (Lipinski definition) is 5. The van der Waals surface area contributed by atoms with E-state index >= 15 is 0 Å². The van der Waals surface area contributed by atoms with E-state index in [1.54, 1.807) is 0 Å². The number of aryl methyl sites for hydroxylation is 1. The van der Waals surface area contributed by atoms with Crippen molar-refractivity contribution in [1.82, 2.24) is 24.5 Å². The summed E-state index contributed by atoms with van der Waals surface area (Å²) in [7, 11) is 4.25. The number of anilines is 1. The highest BCUT2D eigenvalue weighted by Crippen LogP contribution is 2.35. The summed E-state index contributed by atoms with van der Waals surface area (Å²) in [5.74, 6) is 2.49. The first-order valence-electron chi connectivity index (χ1n) is 12.2. The standard InChI is InChI=1S/C27H34N6/c1-20-14-15-24-23(18-20)26-30-29-25(22-12-8-5-9-13-22)33(26)27(28-24)32(17-16-31(2)3)19-21-10-6-4-7-11-21/h4,6-7,10-11,14-15,18,22H,5,8-9,12-13,16-17,19H2,1-3H3. The molecule has 0 amide bonds. The maximum absolute atomic E-state index is 5.24. The van der Waals surface area contributed by atoms with Crippen LogP contribution >= 0.6 is 0 Å². The summed E-state index contributed by atoms with van der Waals surface area (Å²) in [6.45, 7) is 4.75. The Labute approximate surface area is 196 Å². The second-order valence-electron chi connectivity index (χ2n) is 9.69. The molecule has 33 heavy (non-hydrogen) atoms. The van der Waals surface area contributed by atoms with E-state index < -0.39 is 0 Å². The first-order chi connectivity index (χ1) is 16.1. The molecule has 0 unspecified atom stereocenters. The van der Waals surface area contributed by atoms with Gasteiger partial charge in [-0.05, 0) is 51.6 Å². The molecule has 0 aliphatic heterocycles. The molecule has 172 valence electrons. The highest BCUT2D eigenvalue weighted by Gasteiger charge is 2.26. The molecule has 2 aromatic heterocycles. The van der Waals surface area contributed by atoms with Crippen molar-refractivity contribution >= 4 is 22.5 Å². The molecular weight excluding hydrogens is 408 g/mol. The van der Waals surface area contributed by atoms with E-state index in [2.05, 4.69) is 83.8 Å². The fourth-order valence-corrected chi connectivity index (χ4v) is 4.96. The smallest absolute Gasteiger partial charge is 0.213 e. The number of rotatable bonds is 7. The summed E-state index contributed by atoms with van der Waals surface area (Å²) in [6, 6.07) is 17.1. The fraction of sp³-hybridized carbons (Fsp3) is 0.444. The molecular formula is C27H34N6. The second-order valence-corrected chi connectivity index (χ2v) is 9.69. The van der Waals surface area contributed by atoms with Gasteiger partial charge in [0.1, 0.15) is 5.82 Å². The lowest BCUT2D eigenvalue weighted by molar-refractivity contribution is 0.409. The van der Waals surface area contributed by atoms with Crippen LogP contribution < -0.4 is 4.90 Å². The van der Waals surface area contributed by atoms with Crippen LogP contribution in [-0.4, -0.2) is 51.7 Å². The molecule has 1 saturated carbocycles. The maximum Gasteiger partial charge on any atom is 0.213 e. The van der Waals surface area contributed by atoms with E-state index in [0.717, 1.165) is 48.0 Å². The molecule has 1 aliphatic carbocycles. The number of nitrogens with zero attached hydrogens (tertiary/aromatic N) is 6. The Bertz CT molecular complexity index is 1220. The zero-order valence-corrected chi connectivity index (χ0v) is 20.0. The lowest BCUT2D eigenvalue weighted by atomic mass is 9.89. The molecule has 0 radical (unpaired) electrons. The first-order valence-corrected chi connectivity index (χ1v) is 12.2. The summed E-state index contributed by atoms with van der Waals surface area (Å²) in [4.78, 5) is 9.87. The van der Waals surface area contributed by atoms with Crippen molar-refractivity contribution < 1.29 is 0 Å². The minimum absolute atomic E-state index is 0.448. The molecule has 1 aliphatic rings. The normalized spacial score (nSPS) is 15.0. The highest BCUT2D eigenvalue weighted by molar-refractivity contribution is 5.93. The Morgan fingerprint density at radius 1 is 0.939 bits per heavy atom. The minimum atomic E-state index is 0.448. The second kappa shape index (κ2) is 9.48. The summed E-state index contributed by atoms with van der Waals surface area (Å²) in [5.41, 5.74) is 4.41. The van der Waals surface area contributed by atoms with Gasteiger partial charge in [0.15, 0.2) is 5.65 Å². The summed E-state index contributed by atoms with van der Waals surface area (Å²) >= 11 is 0. The Hall–Kier alpha value is -2.99. The van der Waals surface area contributed by atoms with Crippen LogP contribution in [-0.2, 0) is 6.54 Å². The van der Waals surface area contributed by atoms with Gasteiger partial charge in [-0.25, -0.2) is 9.38 Å². The topological polar surface area (TPSA) is 49.6 Å². The largest absolute Gasteiger partial charge is 0.336 e. The minimum Gasteiger partial charge on any atom is -0.336 e. The SMILES string of the molecule is Cc1ccc2nc(N(CCN(C)C)Cc3ccccc3)n3c(C4CCCCC4)nnc3c2c1. The lowest BCUT2D eigenvalue weighted by Crippen LogP contribution is -2.33. The molecule has 0 atom stereocenters. The van der Waals surface area contributed by atoms with Gasteiger partial charge in [-0.3, -0.25) is 0 Å². The summed E-state index contributed by atoms with van der Waals surface area (Å²) in [5, 5.41) is 10.6. The van der Waals surface area contributed by atoms with E-state index in [0.29, 0.717) is 5.92 Å². The number of hydrogen-bond donors (Lipinski definition) is 0. The molecule has 6 heteroatoms. The number of benzene rings is 2. The monoisotopic (exact) mass is 442 g/mol. The van der Waals surface area contributed by atoms with Crippen molar-refractivity contribution in [3.8, 4) is 0 Å². The quantitative estimate of drug-likeness (QED) is 0.394. The van der Waals surface area contributed by atoms with Gasteiger partial charge in [0.25, 0.3) is 0 Å². The van der Waals surface area contributed by atoms with Crippen LogP contribution in [0, 0.1) is 6.92 Å². The van der Waals surface area contributed by atoms with Crippen LogP contribution in [0.4, 0.5) is 5.95 Å². The maximum atomic E-state index is 5.24. The van der Waals surface area contributed by atoms with Gasteiger partial charge in [0.05, 0.1) is 5.52 Å². The third-order valence-corrected chi connectivity index (χ3v) is 6.79. The van der Waals surface area contributed by atoms with Gasteiger partial charge in [0, 0.05) is 30.9 Å². The van der Waals surface area contributed by atoms with Crippen LogP contribution in [0.15, 0.2) is 48.5 Å². The molecule has 6 nitrogen and oxygen atoms in total. The Balaban J connectivity index is 1.69. The van der Waals surface area contributed by atoms with E-state index in [9.17, 15) is 0 Å². The predicted octanol–water partition coefficient (Wildman–Crippen LogP) is 5.20. The molecule has 2 aromatic carbocycles. The molecule has 0 N–H and O–H groups in total. The van der Waals surface area contributed by atoms with Crippen molar-refractivity contribution in [3.05, 3.63) is 65.5 Å². The lowest BCUT2D eigenvalue weighted by Gasteiger charge is -2.28. The van der Waals surface area contributed by atoms with Crippen molar-refractivity contribution in [2.75, 3.05) is 32.1 Å². The number of aromatic nitrogens is 4. The third kappa shape index (κ3) is 4.58. The highest BCUT2D eigenvalue weighted by atomic mass is 15.4. The van der Waals surface area contributed by atoms with Crippen molar-refractivity contribution in [1.29, 1.82) is 0 Å². The van der Waals surface area contributed by atoms with Crippen molar-refractivity contribution in [2.45, 2.75) is 51.5 Å². The molecule has 0 saturated heterocycles. The Morgan fingerprint density at radius 2 is 1.73 bits per heavy atom.